The van der Waals surface area contributed by atoms with Gasteiger partial charge in [0.15, 0.2) is 0 Å². The quantitative estimate of drug-likeness (QED) is 0.882. The smallest absolute Gasteiger partial charge is 0.0729 e. The van der Waals surface area contributed by atoms with E-state index in [-0.39, 0.29) is 0 Å². The van der Waals surface area contributed by atoms with Gasteiger partial charge < -0.3 is 5.32 Å². The Morgan fingerprint density at radius 3 is 2.81 bits per heavy atom. The summed E-state index contributed by atoms with van der Waals surface area (Å²) in [5.74, 6) is 0. The van der Waals surface area contributed by atoms with Gasteiger partial charge >= 0.3 is 0 Å². The summed E-state index contributed by atoms with van der Waals surface area (Å²) in [7, 11) is 0. The molecule has 0 aromatic carbocycles. The third kappa shape index (κ3) is 2.44. The fourth-order valence-corrected chi connectivity index (χ4v) is 2.63. The molecule has 0 aliphatic carbocycles. The zero-order chi connectivity index (χ0) is 11.5. The Bertz CT molecular complexity index is 470. The zero-order valence-electron chi connectivity index (χ0n) is 9.95. The van der Waals surface area contributed by atoms with E-state index in [2.05, 4.69) is 37.3 Å². The van der Waals surface area contributed by atoms with Crippen molar-refractivity contribution in [1.29, 1.82) is 0 Å². The number of aryl methyl sites for hydroxylation is 3. The van der Waals surface area contributed by atoms with E-state index in [9.17, 15) is 0 Å². The van der Waals surface area contributed by atoms with Gasteiger partial charge in [0, 0.05) is 29.0 Å². The summed E-state index contributed by atoms with van der Waals surface area (Å²) in [4.78, 5) is 2.77. The van der Waals surface area contributed by atoms with Crippen LogP contribution in [0.25, 0.3) is 0 Å². The number of thiophene rings is 1. The lowest BCUT2D eigenvalue weighted by Crippen LogP contribution is -1.98. The van der Waals surface area contributed by atoms with Crippen LogP contribution in [-0.4, -0.2) is 9.78 Å². The van der Waals surface area contributed by atoms with E-state index in [0.29, 0.717) is 0 Å². The minimum atomic E-state index is 0.881. The van der Waals surface area contributed by atoms with E-state index in [1.54, 1.807) is 0 Å². The summed E-state index contributed by atoms with van der Waals surface area (Å²) < 4.78 is 1.92. The van der Waals surface area contributed by atoms with Crippen molar-refractivity contribution in [3.63, 3.8) is 0 Å². The average Bonchev–Trinajstić information content (AvgIpc) is 2.82. The van der Waals surface area contributed by atoms with Crippen LogP contribution in [0.15, 0.2) is 18.5 Å². The molecule has 0 atom stereocenters. The first-order valence-electron chi connectivity index (χ1n) is 5.51. The van der Waals surface area contributed by atoms with Gasteiger partial charge in [0.1, 0.15) is 0 Å². The molecule has 0 spiro atoms. The molecular formula is C12H17N3S. The number of hydrogen-bond donors (Lipinski definition) is 1. The van der Waals surface area contributed by atoms with Crippen LogP contribution in [0, 0.1) is 13.8 Å². The van der Waals surface area contributed by atoms with Crippen molar-refractivity contribution in [3.05, 3.63) is 33.8 Å². The van der Waals surface area contributed by atoms with Crippen molar-refractivity contribution < 1.29 is 0 Å². The van der Waals surface area contributed by atoms with Crippen LogP contribution in [0.3, 0.4) is 0 Å². The second-order valence-corrected chi connectivity index (χ2v) is 5.34. The average molecular weight is 235 g/mol. The molecule has 0 unspecified atom stereocenters. The van der Waals surface area contributed by atoms with Crippen molar-refractivity contribution in [2.75, 3.05) is 5.32 Å². The Kier molecular flexibility index (Phi) is 3.29. The van der Waals surface area contributed by atoms with Gasteiger partial charge in [0.05, 0.1) is 11.9 Å². The molecule has 0 fully saturated rings. The standard InChI is InChI=1S/C12H17N3S/c1-4-15-8-12(7-14-15)13-6-11-5-9(2)16-10(11)3/h5,7-8,13H,4,6H2,1-3H3. The highest BCUT2D eigenvalue weighted by molar-refractivity contribution is 7.12. The number of nitrogens with one attached hydrogen (secondary N) is 1. The van der Waals surface area contributed by atoms with Gasteiger partial charge in [-0.25, -0.2) is 0 Å². The lowest BCUT2D eigenvalue weighted by atomic mass is 10.2. The van der Waals surface area contributed by atoms with Crippen LogP contribution in [-0.2, 0) is 13.1 Å². The lowest BCUT2D eigenvalue weighted by molar-refractivity contribution is 0.660. The Morgan fingerprint density at radius 1 is 1.44 bits per heavy atom. The Labute approximate surface area is 100 Å². The molecule has 1 N–H and O–H groups in total. The van der Waals surface area contributed by atoms with Gasteiger partial charge in [-0.15, -0.1) is 11.3 Å². The molecule has 0 amide bonds. The minimum absolute atomic E-state index is 0.881. The van der Waals surface area contributed by atoms with Crippen molar-refractivity contribution in [1.82, 2.24) is 9.78 Å². The fraction of sp³-hybridized carbons (Fsp3) is 0.417. The largest absolute Gasteiger partial charge is 0.378 e. The van der Waals surface area contributed by atoms with Crippen LogP contribution in [0.4, 0.5) is 5.69 Å². The molecule has 0 aliphatic heterocycles. The highest BCUT2D eigenvalue weighted by Crippen LogP contribution is 2.21. The summed E-state index contributed by atoms with van der Waals surface area (Å²) in [6.07, 6.45) is 3.91. The SMILES string of the molecule is CCn1cc(NCc2cc(C)sc2C)cn1. The molecule has 0 saturated heterocycles. The highest BCUT2D eigenvalue weighted by Gasteiger charge is 2.03. The second kappa shape index (κ2) is 4.70. The maximum absolute atomic E-state index is 4.23. The summed E-state index contributed by atoms with van der Waals surface area (Å²) in [6.45, 7) is 8.20. The molecule has 2 heterocycles. The lowest BCUT2D eigenvalue weighted by Gasteiger charge is -2.02. The molecule has 0 saturated carbocycles. The topological polar surface area (TPSA) is 29.9 Å². The van der Waals surface area contributed by atoms with Gasteiger partial charge in [0.2, 0.25) is 0 Å². The third-order valence-electron chi connectivity index (χ3n) is 2.58. The van der Waals surface area contributed by atoms with Crippen LogP contribution in [0.5, 0.6) is 0 Å². The number of hydrogen-bond acceptors (Lipinski definition) is 3. The van der Waals surface area contributed by atoms with Crippen molar-refractivity contribution in [2.45, 2.75) is 33.9 Å². The monoisotopic (exact) mass is 235 g/mol. The number of anilines is 1. The predicted molar refractivity (Wildman–Crippen MR) is 69.0 cm³/mol. The number of aromatic nitrogens is 2. The molecule has 0 radical (unpaired) electrons. The molecule has 3 nitrogen and oxygen atoms in total. The van der Waals surface area contributed by atoms with Crippen LogP contribution in [0.2, 0.25) is 0 Å². The van der Waals surface area contributed by atoms with Crippen LogP contribution in [0.1, 0.15) is 22.2 Å². The van der Waals surface area contributed by atoms with Gasteiger partial charge in [-0.1, -0.05) is 0 Å². The molecular weight excluding hydrogens is 218 g/mol. The maximum atomic E-state index is 4.23. The normalized spacial score (nSPS) is 10.7. The van der Waals surface area contributed by atoms with E-state index < -0.39 is 0 Å². The van der Waals surface area contributed by atoms with E-state index in [0.717, 1.165) is 18.8 Å². The summed E-state index contributed by atoms with van der Waals surface area (Å²) in [5, 5.41) is 7.62. The third-order valence-corrected chi connectivity index (χ3v) is 3.59. The first kappa shape index (κ1) is 11.2. The molecule has 16 heavy (non-hydrogen) atoms. The summed E-state index contributed by atoms with van der Waals surface area (Å²) >= 11 is 1.85. The van der Waals surface area contributed by atoms with Gasteiger partial charge in [-0.05, 0) is 32.4 Å². The van der Waals surface area contributed by atoms with Crippen molar-refractivity contribution in [3.8, 4) is 0 Å². The van der Waals surface area contributed by atoms with Crippen LogP contribution >= 0.6 is 11.3 Å². The molecule has 2 aromatic rings. The number of nitrogens with zero attached hydrogens (tertiary/aromatic N) is 2. The molecule has 0 bridgehead atoms. The molecule has 4 heteroatoms. The van der Waals surface area contributed by atoms with E-state index in [1.807, 2.05) is 28.4 Å². The molecule has 86 valence electrons. The van der Waals surface area contributed by atoms with E-state index in [4.69, 9.17) is 0 Å². The Balaban J connectivity index is 1.99. The first-order valence-corrected chi connectivity index (χ1v) is 6.33. The minimum Gasteiger partial charge on any atom is -0.378 e. The maximum Gasteiger partial charge on any atom is 0.0729 e. The molecule has 2 aromatic heterocycles. The molecule has 0 aliphatic rings. The summed E-state index contributed by atoms with van der Waals surface area (Å²) in [5.41, 5.74) is 2.47. The zero-order valence-corrected chi connectivity index (χ0v) is 10.8. The highest BCUT2D eigenvalue weighted by atomic mass is 32.1. The summed E-state index contributed by atoms with van der Waals surface area (Å²) in [6, 6.07) is 2.25. The van der Waals surface area contributed by atoms with Gasteiger partial charge in [0.25, 0.3) is 0 Å². The van der Waals surface area contributed by atoms with Gasteiger partial charge in [-0.2, -0.15) is 5.10 Å². The van der Waals surface area contributed by atoms with Crippen molar-refractivity contribution in [2.24, 2.45) is 0 Å². The Morgan fingerprint density at radius 2 is 2.25 bits per heavy atom. The van der Waals surface area contributed by atoms with E-state index >= 15 is 0 Å². The predicted octanol–water partition coefficient (Wildman–Crippen LogP) is 3.19. The van der Waals surface area contributed by atoms with Gasteiger partial charge in [-0.3, -0.25) is 4.68 Å². The first-order chi connectivity index (χ1) is 7.69. The van der Waals surface area contributed by atoms with Crippen molar-refractivity contribution >= 4 is 17.0 Å². The molecule has 2 rings (SSSR count). The fourth-order valence-electron chi connectivity index (χ4n) is 1.68. The van der Waals surface area contributed by atoms with E-state index in [1.165, 1.54) is 15.3 Å². The van der Waals surface area contributed by atoms with Crippen LogP contribution < -0.4 is 5.32 Å². The second-order valence-electron chi connectivity index (χ2n) is 3.88. The Hall–Kier alpha value is -1.29. The number of rotatable bonds is 4.